The predicted octanol–water partition coefficient (Wildman–Crippen LogP) is 1.36. The summed E-state index contributed by atoms with van der Waals surface area (Å²) < 4.78 is 0. The van der Waals surface area contributed by atoms with Gasteiger partial charge < -0.3 is 10.2 Å². The fourth-order valence-corrected chi connectivity index (χ4v) is 2.19. The maximum absolute atomic E-state index is 12.0. The monoisotopic (exact) mass is 232 g/mol. The second kappa shape index (κ2) is 5.82. The van der Waals surface area contributed by atoms with Crippen LogP contribution in [0.2, 0.25) is 0 Å². The summed E-state index contributed by atoms with van der Waals surface area (Å²) in [6.45, 7) is 5.65. The van der Waals surface area contributed by atoms with Gasteiger partial charge in [-0.3, -0.25) is 4.79 Å². The first-order valence-corrected chi connectivity index (χ1v) is 6.30. The average Bonchev–Trinajstić information content (AvgIpc) is 2.37. The second-order valence-electron chi connectivity index (χ2n) is 4.62. The highest BCUT2D eigenvalue weighted by atomic mass is 16.2. The Hall–Kier alpha value is -1.35. The summed E-state index contributed by atoms with van der Waals surface area (Å²) in [7, 11) is 0. The van der Waals surface area contributed by atoms with Crippen molar-refractivity contribution in [3.05, 3.63) is 35.4 Å². The van der Waals surface area contributed by atoms with Crippen LogP contribution in [0.25, 0.3) is 0 Å². The molecule has 0 spiro atoms. The lowest BCUT2D eigenvalue weighted by molar-refractivity contribution is -0.131. The Morgan fingerprint density at radius 2 is 2.12 bits per heavy atom. The number of aryl methyl sites for hydroxylation is 2. The third-order valence-electron chi connectivity index (χ3n) is 3.18. The summed E-state index contributed by atoms with van der Waals surface area (Å²) in [5.41, 5.74) is 2.52. The molecule has 1 aromatic rings. The van der Waals surface area contributed by atoms with Gasteiger partial charge in [-0.25, -0.2) is 0 Å². The van der Waals surface area contributed by atoms with E-state index in [1.54, 1.807) is 0 Å². The molecule has 3 heteroatoms. The number of nitrogens with one attached hydrogen (secondary N) is 1. The molecule has 1 aliphatic heterocycles. The standard InChI is InChI=1S/C14H20N2O/c1-12-3-2-4-13(11-12)5-6-14(17)16-9-7-15-8-10-16/h2-4,11,15H,5-10H2,1H3. The lowest BCUT2D eigenvalue weighted by Crippen LogP contribution is -2.46. The van der Waals surface area contributed by atoms with E-state index in [1.165, 1.54) is 11.1 Å². The number of benzene rings is 1. The van der Waals surface area contributed by atoms with Crippen molar-refractivity contribution in [3.63, 3.8) is 0 Å². The van der Waals surface area contributed by atoms with Crippen LogP contribution in [0.15, 0.2) is 24.3 Å². The maximum Gasteiger partial charge on any atom is 0.222 e. The molecule has 1 fully saturated rings. The van der Waals surface area contributed by atoms with E-state index in [1.807, 2.05) is 4.90 Å². The zero-order valence-electron chi connectivity index (χ0n) is 10.4. The Balaban J connectivity index is 1.83. The van der Waals surface area contributed by atoms with E-state index in [2.05, 4.69) is 36.5 Å². The summed E-state index contributed by atoms with van der Waals surface area (Å²) in [6, 6.07) is 8.39. The van der Waals surface area contributed by atoms with Crippen molar-refractivity contribution in [3.8, 4) is 0 Å². The van der Waals surface area contributed by atoms with Gasteiger partial charge in [0.2, 0.25) is 5.91 Å². The number of carbonyl (C=O) groups excluding carboxylic acids is 1. The van der Waals surface area contributed by atoms with Crippen LogP contribution in [0.3, 0.4) is 0 Å². The smallest absolute Gasteiger partial charge is 0.222 e. The second-order valence-corrected chi connectivity index (χ2v) is 4.62. The van der Waals surface area contributed by atoms with Crippen LogP contribution < -0.4 is 5.32 Å². The van der Waals surface area contributed by atoms with Crippen molar-refractivity contribution in [1.29, 1.82) is 0 Å². The number of amides is 1. The molecular formula is C14H20N2O. The molecule has 0 radical (unpaired) electrons. The maximum atomic E-state index is 12.0. The van der Waals surface area contributed by atoms with E-state index in [0.717, 1.165) is 32.6 Å². The summed E-state index contributed by atoms with van der Waals surface area (Å²) in [6.07, 6.45) is 1.48. The van der Waals surface area contributed by atoms with E-state index < -0.39 is 0 Å². The Morgan fingerprint density at radius 3 is 2.82 bits per heavy atom. The van der Waals surface area contributed by atoms with E-state index in [0.29, 0.717) is 6.42 Å². The number of rotatable bonds is 3. The van der Waals surface area contributed by atoms with Crippen molar-refractivity contribution >= 4 is 5.91 Å². The van der Waals surface area contributed by atoms with Gasteiger partial charge in [-0.05, 0) is 18.9 Å². The van der Waals surface area contributed by atoms with Crippen molar-refractivity contribution < 1.29 is 4.79 Å². The normalized spacial score (nSPS) is 15.9. The summed E-state index contributed by atoms with van der Waals surface area (Å²) >= 11 is 0. The van der Waals surface area contributed by atoms with Gasteiger partial charge >= 0.3 is 0 Å². The SMILES string of the molecule is Cc1cccc(CCC(=O)N2CCNCC2)c1. The zero-order chi connectivity index (χ0) is 12.1. The van der Waals surface area contributed by atoms with E-state index in [4.69, 9.17) is 0 Å². The van der Waals surface area contributed by atoms with E-state index in [-0.39, 0.29) is 5.91 Å². The molecule has 17 heavy (non-hydrogen) atoms. The first-order valence-electron chi connectivity index (χ1n) is 6.30. The lowest BCUT2D eigenvalue weighted by atomic mass is 10.1. The molecule has 0 saturated carbocycles. The van der Waals surface area contributed by atoms with Crippen LogP contribution in [0, 0.1) is 6.92 Å². The number of carbonyl (C=O) groups is 1. The molecule has 92 valence electrons. The van der Waals surface area contributed by atoms with Gasteiger partial charge in [0, 0.05) is 32.6 Å². The Kier molecular flexibility index (Phi) is 4.15. The minimum absolute atomic E-state index is 0.285. The van der Waals surface area contributed by atoms with Crippen LogP contribution in [-0.4, -0.2) is 37.0 Å². The van der Waals surface area contributed by atoms with Gasteiger partial charge in [0.25, 0.3) is 0 Å². The van der Waals surface area contributed by atoms with Crippen LogP contribution in [0.1, 0.15) is 17.5 Å². The minimum Gasteiger partial charge on any atom is -0.340 e. The van der Waals surface area contributed by atoms with Crippen LogP contribution in [-0.2, 0) is 11.2 Å². The largest absolute Gasteiger partial charge is 0.340 e. The lowest BCUT2D eigenvalue weighted by Gasteiger charge is -2.27. The molecule has 0 aliphatic carbocycles. The quantitative estimate of drug-likeness (QED) is 0.853. The van der Waals surface area contributed by atoms with Crippen molar-refractivity contribution in [2.24, 2.45) is 0 Å². The van der Waals surface area contributed by atoms with E-state index in [9.17, 15) is 4.79 Å². The van der Waals surface area contributed by atoms with Gasteiger partial charge in [0.1, 0.15) is 0 Å². The van der Waals surface area contributed by atoms with Crippen LogP contribution in [0.5, 0.6) is 0 Å². The van der Waals surface area contributed by atoms with Crippen LogP contribution in [0.4, 0.5) is 0 Å². The van der Waals surface area contributed by atoms with Crippen molar-refractivity contribution in [2.45, 2.75) is 19.8 Å². The van der Waals surface area contributed by atoms with Crippen molar-refractivity contribution in [2.75, 3.05) is 26.2 Å². The Labute approximate surface area is 103 Å². The average molecular weight is 232 g/mol. The molecule has 1 aliphatic rings. The van der Waals surface area contributed by atoms with E-state index >= 15 is 0 Å². The molecule has 1 heterocycles. The molecule has 1 saturated heterocycles. The molecule has 3 nitrogen and oxygen atoms in total. The summed E-state index contributed by atoms with van der Waals surface area (Å²) in [5.74, 6) is 0.285. The summed E-state index contributed by atoms with van der Waals surface area (Å²) in [4.78, 5) is 13.9. The number of hydrogen-bond acceptors (Lipinski definition) is 2. The van der Waals surface area contributed by atoms with Crippen LogP contribution >= 0.6 is 0 Å². The summed E-state index contributed by atoms with van der Waals surface area (Å²) in [5, 5.41) is 3.26. The molecule has 1 N–H and O–H groups in total. The fraction of sp³-hybridized carbons (Fsp3) is 0.500. The Morgan fingerprint density at radius 1 is 1.35 bits per heavy atom. The topological polar surface area (TPSA) is 32.3 Å². The first kappa shape index (κ1) is 12.1. The highest BCUT2D eigenvalue weighted by Crippen LogP contribution is 2.08. The number of nitrogens with zero attached hydrogens (tertiary/aromatic N) is 1. The molecular weight excluding hydrogens is 212 g/mol. The Bertz CT molecular complexity index is 384. The van der Waals surface area contributed by atoms with Gasteiger partial charge in [0.15, 0.2) is 0 Å². The zero-order valence-corrected chi connectivity index (χ0v) is 10.4. The molecule has 2 rings (SSSR count). The van der Waals surface area contributed by atoms with Gasteiger partial charge in [-0.15, -0.1) is 0 Å². The number of piperazine rings is 1. The highest BCUT2D eigenvalue weighted by Gasteiger charge is 2.15. The molecule has 1 aromatic carbocycles. The van der Waals surface area contributed by atoms with Gasteiger partial charge in [0.05, 0.1) is 0 Å². The molecule has 0 bridgehead atoms. The van der Waals surface area contributed by atoms with Gasteiger partial charge in [-0.1, -0.05) is 29.8 Å². The highest BCUT2D eigenvalue weighted by molar-refractivity contribution is 5.76. The molecule has 1 amide bonds. The van der Waals surface area contributed by atoms with Crippen molar-refractivity contribution in [1.82, 2.24) is 10.2 Å². The molecule has 0 aromatic heterocycles. The first-order chi connectivity index (χ1) is 8.25. The molecule has 0 atom stereocenters. The third kappa shape index (κ3) is 3.56. The van der Waals surface area contributed by atoms with Gasteiger partial charge in [-0.2, -0.15) is 0 Å². The molecule has 0 unspecified atom stereocenters. The fourth-order valence-electron chi connectivity index (χ4n) is 2.19. The predicted molar refractivity (Wildman–Crippen MR) is 68.9 cm³/mol. The third-order valence-corrected chi connectivity index (χ3v) is 3.18. The number of hydrogen-bond donors (Lipinski definition) is 1. The minimum atomic E-state index is 0.285.